The van der Waals surface area contributed by atoms with Crippen molar-refractivity contribution in [2.24, 2.45) is 0 Å². The Balaban J connectivity index is 1.79. The van der Waals surface area contributed by atoms with Crippen molar-refractivity contribution in [2.45, 2.75) is 26.4 Å². The third-order valence-electron chi connectivity index (χ3n) is 4.43. The van der Waals surface area contributed by atoms with Gasteiger partial charge in [-0.05, 0) is 37.1 Å². The summed E-state index contributed by atoms with van der Waals surface area (Å²) in [5.41, 5.74) is 0.808. The third kappa shape index (κ3) is 3.95. The lowest BCUT2D eigenvalue weighted by atomic mass is 10.1. The van der Waals surface area contributed by atoms with Gasteiger partial charge in [0.2, 0.25) is 5.91 Å². The smallest absolute Gasteiger partial charge is 0.317 e. The number of carbonyl (C=O) groups is 1. The van der Waals surface area contributed by atoms with Crippen LogP contribution in [0.2, 0.25) is 5.02 Å². The fraction of sp³-hybridized carbons (Fsp3) is 0.250. The van der Waals surface area contributed by atoms with E-state index >= 15 is 0 Å². The van der Waals surface area contributed by atoms with Gasteiger partial charge in [-0.25, -0.2) is 0 Å². The van der Waals surface area contributed by atoms with Crippen molar-refractivity contribution in [3.8, 4) is 0 Å². The van der Waals surface area contributed by atoms with Crippen molar-refractivity contribution in [1.29, 1.82) is 0 Å². The number of halogens is 1. The molecule has 3 aromatic rings. The van der Waals surface area contributed by atoms with Gasteiger partial charge in [0.15, 0.2) is 0 Å². The molecule has 6 nitrogen and oxygen atoms in total. The summed E-state index contributed by atoms with van der Waals surface area (Å²) in [6, 6.07) is 14.5. The molecule has 0 aliphatic heterocycles. The third-order valence-corrected chi connectivity index (χ3v) is 4.80. The van der Waals surface area contributed by atoms with Gasteiger partial charge in [0.25, 0.3) is 0 Å². The molecular formula is C20H20ClN3O3. The Morgan fingerprint density at radius 2 is 1.56 bits per heavy atom. The number of para-hydroxylation sites is 2. The first-order valence-corrected chi connectivity index (χ1v) is 9.13. The molecule has 0 saturated heterocycles. The molecule has 2 aromatic carbocycles. The number of aryl methyl sites for hydroxylation is 1. The highest BCUT2D eigenvalue weighted by atomic mass is 35.5. The van der Waals surface area contributed by atoms with Crippen LogP contribution >= 0.6 is 11.6 Å². The predicted molar refractivity (Wildman–Crippen MR) is 106 cm³/mol. The van der Waals surface area contributed by atoms with E-state index in [2.05, 4.69) is 5.32 Å². The maximum absolute atomic E-state index is 12.5. The molecule has 0 saturated carbocycles. The molecule has 1 heterocycles. The molecule has 0 fully saturated rings. The lowest BCUT2D eigenvalue weighted by molar-refractivity contribution is -0.121. The summed E-state index contributed by atoms with van der Waals surface area (Å²) in [6.07, 6.45) is 0.582. The van der Waals surface area contributed by atoms with Crippen LogP contribution in [-0.2, 0) is 24.3 Å². The van der Waals surface area contributed by atoms with Crippen molar-refractivity contribution in [3.05, 3.63) is 79.8 Å². The summed E-state index contributed by atoms with van der Waals surface area (Å²) in [6.45, 7) is 2.38. The molecule has 0 aliphatic carbocycles. The van der Waals surface area contributed by atoms with E-state index in [1.165, 1.54) is 9.13 Å². The minimum Gasteiger partial charge on any atom is -0.354 e. The molecule has 0 bridgehead atoms. The number of aromatic nitrogens is 2. The topological polar surface area (TPSA) is 73.1 Å². The normalized spacial score (nSPS) is 10.9. The number of benzene rings is 2. The van der Waals surface area contributed by atoms with Crippen LogP contribution < -0.4 is 16.4 Å². The molecule has 0 spiro atoms. The monoisotopic (exact) mass is 385 g/mol. The fourth-order valence-electron chi connectivity index (χ4n) is 3.08. The van der Waals surface area contributed by atoms with Crippen molar-refractivity contribution in [2.75, 3.05) is 6.54 Å². The van der Waals surface area contributed by atoms with Gasteiger partial charge in [0, 0.05) is 18.1 Å². The second-order valence-corrected chi connectivity index (χ2v) is 6.53. The zero-order valence-corrected chi connectivity index (χ0v) is 15.7. The summed E-state index contributed by atoms with van der Waals surface area (Å²) in [7, 11) is 0. The van der Waals surface area contributed by atoms with Crippen LogP contribution in [0, 0.1) is 0 Å². The summed E-state index contributed by atoms with van der Waals surface area (Å²) in [5, 5.41) is 3.43. The molecule has 3 rings (SSSR count). The molecule has 0 radical (unpaired) electrons. The van der Waals surface area contributed by atoms with Crippen molar-refractivity contribution < 1.29 is 4.79 Å². The van der Waals surface area contributed by atoms with Crippen LogP contribution in [0.25, 0.3) is 11.0 Å². The zero-order valence-electron chi connectivity index (χ0n) is 14.9. The zero-order chi connectivity index (χ0) is 19.4. The Labute approximate surface area is 161 Å². The summed E-state index contributed by atoms with van der Waals surface area (Å²) in [4.78, 5) is 37.1. The number of rotatable bonds is 6. The molecule has 1 amide bonds. The van der Waals surface area contributed by atoms with Crippen molar-refractivity contribution in [1.82, 2.24) is 14.5 Å². The maximum atomic E-state index is 12.5. The number of fused-ring (bicyclic) bond motifs is 1. The summed E-state index contributed by atoms with van der Waals surface area (Å²) in [5.74, 6) is -0.331. The van der Waals surface area contributed by atoms with E-state index in [0.717, 1.165) is 5.56 Å². The Hall–Kier alpha value is -2.86. The maximum Gasteiger partial charge on any atom is 0.317 e. The number of carbonyl (C=O) groups excluding carboxylic acids is 1. The van der Waals surface area contributed by atoms with Crippen LogP contribution in [0.5, 0.6) is 0 Å². The second kappa shape index (κ2) is 8.22. The fourth-order valence-corrected chi connectivity index (χ4v) is 3.31. The first-order valence-electron chi connectivity index (χ1n) is 8.75. The van der Waals surface area contributed by atoms with E-state index in [1.54, 1.807) is 37.3 Å². The van der Waals surface area contributed by atoms with Gasteiger partial charge in [0.05, 0.1) is 11.0 Å². The molecule has 0 atom stereocenters. The highest BCUT2D eigenvalue weighted by molar-refractivity contribution is 6.31. The molecule has 0 aliphatic rings. The van der Waals surface area contributed by atoms with E-state index in [4.69, 9.17) is 11.6 Å². The second-order valence-electron chi connectivity index (χ2n) is 6.12. The summed E-state index contributed by atoms with van der Waals surface area (Å²) >= 11 is 6.11. The summed E-state index contributed by atoms with van der Waals surface area (Å²) < 4.78 is 2.65. The average molecular weight is 386 g/mol. The average Bonchev–Trinajstić information content (AvgIpc) is 2.67. The number of nitrogens with one attached hydrogen (secondary N) is 1. The standard InChI is InChI=1S/C20H20ClN3O3/c1-2-23-16-9-5-6-10-17(16)24(20(27)19(23)26)13-18(25)22-12-11-14-7-3-4-8-15(14)21/h3-10H,2,11-13H2,1H3,(H,22,25). The van der Waals surface area contributed by atoms with Gasteiger partial charge >= 0.3 is 11.1 Å². The van der Waals surface area contributed by atoms with E-state index in [-0.39, 0.29) is 12.5 Å². The van der Waals surface area contributed by atoms with E-state index in [9.17, 15) is 14.4 Å². The molecule has 27 heavy (non-hydrogen) atoms. The number of amides is 1. The quantitative estimate of drug-likeness (QED) is 0.661. The first-order chi connectivity index (χ1) is 13.0. The van der Waals surface area contributed by atoms with E-state index < -0.39 is 11.1 Å². The van der Waals surface area contributed by atoms with Crippen molar-refractivity contribution >= 4 is 28.5 Å². The van der Waals surface area contributed by atoms with Crippen LogP contribution in [-0.4, -0.2) is 21.6 Å². The van der Waals surface area contributed by atoms with E-state index in [1.807, 2.05) is 18.2 Å². The number of hydrogen-bond acceptors (Lipinski definition) is 3. The molecule has 140 valence electrons. The SMILES string of the molecule is CCn1c(=O)c(=O)n(CC(=O)NCCc2ccccc2Cl)c2ccccc21. The van der Waals surface area contributed by atoms with E-state index in [0.29, 0.717) is 35.6 Å². The minimum absolute atomic E-state index is 0.207. The predicted octanol–water partition coefficient (Wildman–Crippen LogP) is 2.20. The lowest BCUT2D eigenvalue weighted by Gasteiger charge is -2.14. The van der Waals surface area contributed by atoms with Gasteiger partial charge in [-0.1, -0.05) is 41.9 Å². The van der Waals surface area contributed by atoms with Gasteiger partial charge < -0.3 is 9.88 Å². The highest BCUT2D eigenvalue weighted by Gasteiger charge is 2.14. The highest BCUT2D eigenvalue weighted by Crippen LogP contribution is 2.15. The largest absolute Gasteiger partial charge is 0.354 e. The molecule has 0 unspecified atom stereocenters. The Morgan fingerprint density at radius 1 is 0.963 bits per heavy atom. The van der Waals surface area contributed by atoms with Crippen LogP contribution in [0.1, 0.15) is 12.5 Å². The van der Waals surface area contributed by atoms with Crippen LogP contribution in [0.15, 0.2) is 58.1 Å². The van der Waals surface area contributed by atoms with Crippen LogP contribution in [0.3, 0.4) is 0 Å². The molecule has 1 N–H and O–H groups in total. The van der Waals surface area contributed by atoms with Gasteiger partial charge in [-0.3, -0.25) is 19.0 Å². The first kappa shape index (κ1) is 18.9. The molecule has 1 aromatic heterocycles. The molecular weight excluding hydrogens is 366 g/mol. The van der Waals surface area contributed by atoms with Crippen LogP contribution in [0.4, 0.5) is 0 Å². The Kier molecular flexibility index (Phi) is 5.76. The Morgan fingerprint density at radius 3 is 2.22 bits per heavy atom. The Bertz CT molecular complexity index is 1100. The van der Waals surface area contributed by atoms with Gasteiger partial charge in [-0.15, -0.1) is 0 Å². The number of hydrogen-bond donors (Lipinski definition) is 1. The molecule has 7 heteroatoms. The van der Waals surface area contributed by atoms with Gasteiger partial charge in [0.1, 0.15) is 6.54 Å². The van der Waals surface area contributed by atoms with Gasteiger partial charge in [-0.2, -0.15) is 0 Å². The number of nitrogens with zero attached hydrogens (tertiary/aromatic N) is 2. The van der Waals surface area contributed by atoms with Crippen molar-refractivity contribution in [3.63, 3.8) is 0 Å². The lowest BCUT2D eigenvalue weighted by Crippen LogP contribution is -2.43. The minimum atomic E-state index is -0.697.